The summed E-state index contributed by atoms with van der Waals surface area (Å²) in [6, 6.07) is 11.2. The van der Waals surface area contributed by atoms with Gasteiger partial charge < -0.3 is 4.90 Å². The van der Waals surface area contributed by atoms with Crippen LogP contribution in [-0.4, -0.2) is 12.0 Å². The van der Waals surface area contributed by atoms with Gasteiger partial charge in [-0.2, -0.15) is 0 Å². The molecule has 0 aliphatic carbocycles. The van der Waals surface area contributed by atoms with Crippen molar-refractivity contribution in [3.8, 4) is 0 Å². The number of halogens is 1. The molecule has 0 saturated heterocycles. The van der Waals surface area contributed by atoms with Gasteiger partial charge in [0, 0.05) is 35.9 Å². The number of hydrogen-bond donors (Lipinski definition) is 0. The van der Waals surface area contributed by atoms with Gasteiger partial charge in [0.15, 0.2) is 0 Å². The lowest BCUT2D eigenvalue weighted by atomic mass is 10.1. The van der Waals surface area contributed by atoms with Crippen LogP contribution in [0.5, 0.6) is 0 Å². The zero-order valence-electron chi connectivity index (χ0n) is 12.3. The lowest BCUT2D eigenvalue weighted by molar-refractivity contribution is -0.384. The standard InChI is InChI=1S/C16H17BrN2O2/c1-11-4-6-15(12(2)8-11)18(3)16-7-5-14(19(20)21)9-13(16)10-17/h4-9H,10H2,1-3H3. The van der Waals surface area contributed by atoms with Crippen molar-refractivity contribution in [3.05, 3.63) is 63.2 Å². The first-order valence-corrected chi connectivity index (χ1v) is 7.70. The van der Waals surface area contributed by atoms with Crippen LogP contribution < -0.4 is 4.90 Å². The maximum Gasteiger partial charge on any atom is 0.269 e. The monoisotopic (exact) mass is 348 g/mol. The Morgan fingerprint density at radius 2 is 1.81 bits per heavy atom. The van der Waals surface area contributed by atoms with E-state index in [-0.39, 0.29) is 10.6 Å². The molecular formula is C16H17BrN2O2. The first-order chi connectivity index (χ1) is 9.93. The van der Waals surface area contributed by atoms with Gasteiger partial charge in [-0.1, -0.05) is 33.6 Å². The molecule has 0 unspecified atom stereocenters. The number of anilines is 2. The smallest absolute Gasteiger partial charge is 0.269 e. The molecule has 21 heavy (non-hydrogen) atoms. The molecule has 2 aromatic rings. The quantitative estimate of drug-likeness (QED) is 0.449. The molecule has 0 aliphatic rings. The molecule has 0 aromatic heterocycles. The van der Waals surface area contributed by atoms with Crippen molar-refractivity contribution >= 4 is 33.0 Å². The van der Waals surface area contributed by atoms with E-state index in [1.54, 1.807) is 18.2 Å². The highest BCUT2D eigenvalue weighted by atomic mass is 79.9. The highest BCUT2D eigenvalue weighted by molar-refractivity contribution is 9.08. The van der Waals surface area contributed by atoms with E-state index in [2.05, 4.69) is 52.9 Å². The fourth-order valence-electron chi connectivity index (χ4n) is 2.43. The van der Waals surface area contributed by atoms with Crippen molar-refractivity contribution in [2.24, 2.45) is 0 Å². The third-order valence-electron chi connectivity index (χ3n) is 3.49. The highest BCUT2D eigenvalue weighted by Crippen LogP contribution is 2.33. The number of nitrogens with zero attached hydrogens (tertiary/aromatic N) is 2. The number of nitro groups is 1. The molecule has 0 radical (unpaired) electrons. The predicted octanol–water partition coefficient (Wildman–Crippen LogP) is 4.87. The molecule has 110 valence electrons. The van der Waals surface area contributed by atoms with Gasteiger partial charge in [-0.25, -0.2) is 0 Å². The van der Waals surface area contributed by atoms with Crippen molar-refractivity contribution in [2.75, 3.05) is 11.9 Å². The van der Waals surface area contributed by atoms with E-state index >= 15 is 0 Å². The van der Waals surface area contributed by atoms with E-state index in [4.69, 9.17) is 0 Å². The number of aryl methyl sites for hydroxylation is 2. The third-order valence-corrected chi connectivity index (χ3v) is 4.10. The second-order valence-electron chi connectivity index (χ2n) is 5.05. The molecule has 0 atom stereocenters. The molecule has 0 amide bonds. The summed E-state index contributed by atoms with van der Waals surface area (Å²) >= 11 is 3.41. The van der Waals surface area contributed by atoms with Crippen molar-refractivity contribution in [1.29, 1.82) is 0 Å². The Bertz CT molecular complexity index is 686. The minimum atomic E-state index is -0.368. The zero-order valence-corrected chi connectivity index (χ0v) is 13.8. The molecule has 2 aromatic carbocycles. The Hall–Kier alpha value is -1.88. The van der Waals surface area contributed by atoms with Crippen LogP contribution in [0.25, 0.3) is 0 Å². The van der Waals surface area contributed by atoms with Gasteiger partial charge in [-0.15, -0.1) is 0 Å². The molecule has 4 nitrogen and oxygen atoms in total. The van der Waals surface area contributed by atoms with Gasteiger partial charge in [0.1, 0.15) is 0 Å². The molecule has 0 saturated carbocycles. The number of nitro benzene ring substituents is 1. The normalized spacial score (nSPS) is 10.5. The summed E-state index contributed by atoms with van der Waals surface area (Å²) in [7, 11) is 1.98. The predicted molar refractivity (Wildman–Crippen MR) is 89.7 cm³/mol. The van der Waals surface area contributed by atoms with E-state index < -0.39 is 0 Å². The molecule has 2 rings (SSSR count). The first kappa shape index (κ1) is 15.5. The molecule has 0 spiro atoms. The van der Waals surface area contributed by atoms with Gasteiger partial charge in [-0.05, 0) is 37.1 Å². The van der Waals surface area contributed by atoms with Crippen molar-refractivity contribution in [3.63, 3.8) is 0 Å². The van der Waals surface area contributed by atoms with Crippen LogP contribution in [0.4, 0.5) is 17.1 Å². The summed E-state index contributed by atoms with van der Waals surface area (Å²) in [6.07, 6.45) is 0. The molecular weight excluding hydrogens is 332 g/mol. The Labute approximate surface area is 132 Å². The number of hydrogen-bond acceptors (Lipinski definition) is 3. The van der Waals surface area contributed by atoms with E-state index in [1.807, 2.05) is 7.05 Å². The van der Waals surface area contributed by atoms with Crippen LogP contribution in [0.2, 0.25) is 0 Å². The third kappa shape index (κ3) is 3.24. The Morgan fingerprint density at radius 3 is 2.38 bits per heavy atom. The minimum absolute atomic E-state index is 0.113. The summed E-state index contributed by atoms with van der Waals surface area (Å²) in [6.45, 7) is 4.13. The van der Waals surface area contributed by atoms with E-state index in [1.165, 1.54) is 11.1 Å². The Balaban J connectivity index is 2.47. The fraction of sp³-hybridized carbons (Fsp3) is 0.250. The minimum Gasteiger partial charge on any atom is -0.344 e. The van der Waals surface area contributed by atoms with Gasteiger partial charge in [-0.3, -0.25) is 10.1 Å². The molecule has 0 N–H and O–H groups in total. The van der Waals surface area contributed by atoms with E-state index in [9.17, 15) is 10.1 Å². The van der Waals surface area contributed by atoms with Crippen LogP contribution in [-0.2, 0) is 5.33 Å². The van der Waals surface area contributed by atoms with Crippen LogP contribution in [0.15, 0.2) is 36.4 Å². The SMILES string of the molecule is Cc1ccc(N(C)c2ccc([N+](=O)[O-])cc2CBr)c(C)c1. The molecule has 0 aliphatic heterocycles. The summed E-state index contributed by atoms with van der Waals surface area (Å²) in [5, 5.41) is 11.5. The lowest BCUT2D eigenvalue weighted by Crippen LogP contribution is -2.13. The number of non-ortho nitro benzene ring substituents is 1. The highest BCUT2D eigenvalue weighted by Gasteiger charge is 2.15. The van der Waals surface area contributed by atoms with E-state index in [0.717, 1.165) is 16.9 Å². The maximum absolute atomic E-state index is 10.9. The average Bonchev–Trinajstić information content (AvgIpc) is 2.45. The van der Waals surface area contributed by atoms with Gasteiger partial charge in [0.2, 0.25) is 0 Å². The maximum atomic E-state index is 10.9. The van der Waals surface area contributed by atoms with Crippen LogP contribution in [0, 0.1) is 24.0 Å². The Kier molecular flexibility index (Phi) is 4.63. The summed E-state index contributed by atoms with van der Waals surface area (Å²) in [4.78, 5) is 12.6. The van der Waals surface area contributed by atoms with Crippen molar-refractivity contribution in [2.45, 2.75) is 19.2 Å². The lowest BCUT2D eigenvalue weighted by Gasteiger charge is -2.24. The molecule has 5 heteroatoms. The molecule has 0 fully saturated rings. The number of rotatable bonds is 4. The molecule has 0 heterocycles. The van der Waals surface area contributed by atoms with Crippen molar-refractivity contribution in [1.82, 2.24) is 0 Å². The van der Waals surface area contributed by atoms with Gasteiger partial charge in [0.05, 0.1) is 4.92 Å². The van der Waals surface area contributed by atoms with Crippen LogP contribution in [0.3, 0.4) is 0 Å². The van der Waals surface area contributed by atoms with E-state index in [0.29, 0.717) is 5.33 Å². The topological polar surface area (TPSA) is 46.4 Å². The van der Waals surface area contributed by atoms with Crippen LogP contribution >= 0.6 is 15.9 Å². The first-order valence-electron chi connectivity index (χ1n) is 6.58. The second-order valence-corrected chi connectivity index (χ2v) is 5.61. The largest absolute Gasteiger partial charge is 0.344 e. The average molecular weight is 349 g/mol. The zero-order chi connectivity index (χ0) is 15.6. The van der Waals surface area contributed by atoms with Gasteiger partial charge in [0.25, 0.3) is 5.69 Å². The van der Waals surface area contributed by atoms with Crippen molar-refractivity contribution < 1.29 is 4.92 Å². The summed E-state index contributed by atoms with van der Waals surface area (Å²) in [5.41, 5.74) is 5.46. The molecule has 0 bridgehead atoms. The number of alkyl halides is 1. The van der Waals surface area contributed by atoms with Crippen LogP contribution in [0.1, 0.15) is 16.7 Å². The second kappa shape index (κ2) is 6.26. The summed E-state index contributed by atoms with van der Waals surface area (Å²) < 4.78 is 0. The Morgan fingerprint density at radius 1 is 1.14 bits per heavy atom. The fourth-order valence-corrected chi connectivity index (χ4v) is 2.88. The van der Waals surface area contributed by atoms with Gasteiger partial charge >= 0.3 is 0 Å². The number of benzene rings is 2. The summed E-state index contributed by atoms with van der Waals surface area (Å²) in [5.74, 6) is 0.